The summed E-state index contributed by atoms with van der Waals surface area (Å²) in [7, 11) is 0. The first-order chi connectivity index (χ1) is 24.9. The van der Waals surface area contributed by atoms with E-state index in [-0.39, 0.29) is 32.2 Å². The Bertz CT molecular complexity index is 1360. The molecule has 14 N–H and O–H groups in total. The number of likely N-dealkylation sites (tertiary alicyclic amines) is 1. The average molecular weight is 758 g/mol. The van der Waals surface area contributed by atoms with E-state index < -0.39 is 128 Å². The lowest BCUT2D eigenvalue weighted by Gasteiger charge is -2.26. The van der Waals surface area contributed by atoms with Gasteiger partial charge in [0.15, 0.2) is 0 Å². The van der Waals surface area contributed by atoms with Crippen molar-refractivity contribution in [3.05, 3.63) is 0 Å². The van der Waals surface area contributed by atoms with E-state index in [4.69, 9.17) is 17.2 Å². The molecule has 1 aliphatic heterocycles. The third-order valence-electron chi connectivity index (χ3n) is 8.17. The van der Waals surface area contributed by atoms with Gasteiger partial charge in [-0.15, -0.1) is 0 Å². The molecule has 7 amide bonds. The average Bonchev–Trinajstić information content (AvgIpc) is 3.58. The zero-order valence-corrected chi connectivity index (χ0v) is 29.5. The SMILES string of the molecule is C[C@H](NC(=O)CNC(=O)[C@H](CCC(=O)O)NC(=O)[C@H](CCC(=O)O)NC(=O)[C@H](CCC(N)=O)NC(=O)[C@@H](N)CCCCN)C(=O)N1CCC[C@H]1C(=O)O. The lowest BCUT2D eigenvalue weighted by molar-refractivity contribution is -0.149. The van der Waals surface area contributed by atoms with E-state index in [0.717, 1.165) is 4.90 Å². The molecule has 1 aliphatic rings. The summed E-state index contributed by atoms with van der Waals surface area (Å²) in [6.07, 6.45) is -0.990. The molecule has 1 rings (SSSR count). The Morgan fingerprint density at radius 1 is 0.717 bits per heavy atom. The smallest absolute Gasteiger partial charge is 0.326 e. The standard InChI is InChI=1S/C31H51N9O13/c1-16(30(51)40-14-4-6-21(40)31(52)53)36-23(42)15-35-27(48)18(8-11-24(43)44)38-29(50)20(9-12-25(45)46)39-28(49)19(7-10-22(34)41)37-26(47)17(33)5-2-3-13-32/h16-21H,2-15,32-33H2,1H3,(H2,34,41)(H,35,48)(H,36,42)(H,37,47)(H,38,50)(H,39,49)(H,43,44)(H,45,46)(H,52,53)/t16-,17-,18-,19-,20-,21-/m0/s1. The van der Waals surface area contributed by atoms with Crippen molar-refractivity contribution >= 4 is 59.3 Å². The first-order valence-electron chi connectivity index (χ1n) is 17.1. The monoisotopic (exact) mass is 757 g/mol. The van der Waals surface area contributed by atoms with Gasteiger partial charge in [0.05, 0.1) is 12.6 Å². The second kappa shape index (κ2) is 23.2. The first-order valence-corrected chi connectivity index (χ1v) is 17.1. The van der Waals surface area contributed by atoms with Gasteiger partial charge in [-0.2, -0.15) is 0 Å². The molecule has 1 heterocycles. The molecule has 0 aliphatic carbocycles. The molecule has 22 nitrogen and oxygen atoms in total. The molecule has 53 heavy (non-hydrogen) atoms. The Hall–Kier alpha value is -5.38. The number of amides is 7. The second-order valence-electron chi connectivity index (χ2n) is 12.5. The van der Waals surface area contributed by atoms with E-state index in [2.05, 4.69) is 26.6 Å². The Balaban J connectivity index is 3.06. The molecule has 6 atom stereocenters. The van der Waals surface area contributed by atoms with Crippen molar-refractivity contribution in [3.8, 4) is 0 Å². The van der Waals surface area contributed by atoms with E-state index in [9.17, 15) is 63.3 Å². The number of carboxylic acid groups (broad SMARTS) is 3. The van der Waals surface area contributed by atoms with E-state index in [1.807, 2.05) is 0 Å². The van der Waals surface area contributed by atoms with E-state index >= 15 is 0 Å². The zero-order chi connectivity index (χ0) is 40.2. The van der Waals surface area contributed by atoms with Crippen molar-refractivity contribution in [3.63, 3.8) is 0 Å². The van der Waals surface area contributed by atoms with Crippen LogP contribution in [0, 0.1) is 0 Å². The molecule has 0 aromatic rings. The number of hydrogen-bond donors (Lipinski definition) is 11. The molecule has 22 heteroatoms. The van der Waals surface area contributed by atoms with E-state index in [1.165, 1.54) is 6.92 Å². The third kappa shape index (κ3) is 17.1. The quantitative estimate of drug-likeness (QED) is 0.0392. The number of carbonyl (C=O) groups is 10. The summed E-state index contributed by atoms with van der Waals surface area (Å²) in [5.74, 6) is -10.2. The van der Waals surface area contributed by atoms with E-state index in [1.54, 1.807) is 0 Å². The van der Waals surface area contributed by atoms with Crippen LogP contribution in [0.1, 0.15) is 77.6 Å². The van der Waals surface area contributed by atoms with Gasteiger partial charge in [-0.1, -0.05) is 6.42 Å². The molecular formula is C31H51N9O13. The van der Waals surface area contributed by atoms with Crippen LogP contribution in [-0.4, -0.2) is 135 Å². The molecule has 1 fully saturated rings. The zero-order valence-electron chi connectivity index (χ0n) is 29.5. The summed E-state index contributed by atoms with van der Waals surface area (Å²) in [4.78, 5) is 124. The summed E-state index contributed by atoms with van der Waals surface area (Å²) < 4.78 is 0. The molecule has 0 unspecified atom stereocenters. The fourth-order valence-corrected chi connectivity index (χ4v) is 5.27. The Kier molecular flexibility index (Phi) is 20.0. The van der Waals surface area contributed by atoms with Gasteiger partial charge in [-0.05, 0) is 58.4 Å². The van der Waals surface area contributed by atoms with Crippen LogP contribution in [0.2, 0.25) is 0 Å². The van der Waals surface area contributed by atoms with Crippen LogP contribution in [0.15, 0.2) is 0 Å². The van der Waals surface area contributed by atoms with Crippen molar-refractivity contribution in [1.82, 2.24) is 31.5 Å². The van der Waals surface area contributed by atoms with E-state index in [0.29, 0.717) is 25.8 Å². The fraction of sp³-hybridized carbons (Fsp3) is 0.677. The molecule has 0 aromatic heterocycles. The summed E-state index contributed by atoms with van der Waals surface area (Å²) >= 11 is 0. The second-order valence-corrected chi connectivity index (χ2v) is 12.5. The van der Waals surface area contributed by atoms with Gasteiger partial charge in [-0.25, -0.2) is 4.79 Å². The predicted octanol–water partition coefficient (Wildman–Crippen LogP) is -4.41. The maximum absolute atomic E-state index is 13.4. The Morgan fingerprint density at radius 2 is 1.23 bits per heavy atom. The molecular weight excluding hydrogens is 706 g/mol. The lowest BCUT2D eigenvalue weighted by atomic mass is 10.0. The Morgan fingerprint density at radius 3 is 1.72 bits per heavy atom. The van der Waals surface area contributed by atoms with Crippen LogP contribution in [0.3, 0.4) is 0 Å². The number of nitrogens with two attached hydrogens (primary N) is 3. The highest BCUT2D eigenvalue weighted by atomic mass is 16.4. The highest BCUT2D eigenvalue weighted by Gasteiger charge is 2.36. The highest BCUT2D eigenvalue weighted by molar-refractivity contribution is 5.96. The van der Waals surface area contributed by atoms with Gasteiger partial charge >= 0.3 is 17.9 Å². The number of carboxylic acids is 3. The van der Waals surface area contributed by atoms with Crippen LogP contribution < -0.4 is 43.8 Å². The number of rotatable bonds is 25. The number of aliphatic carboxylic acids is 3. The molecule has 0 radical (unpaired) electrons. The van der Waals surface area contributed by atoms with Crippen LogP contribution in [0.4, 0.5) is 0 Å². The number of nitrogens with one attached hydrogen (secondary N) is 5. The van der Waals surface area contributed by atoms with Crippen LogP contribution in [0.25, 0.3) is 0 Å². The topological polar surface area (TPSA) is 373 Å². The third-order valence-corrected chi connectivity index (χ3v) is 8.17. The Labute approximate surface area is 304 Å². The molecule has 0 saturated carbocycles. The minimum atomic E-state index is -1.65. The van der Waals surface area contributed by atoms with Gasteiger partial charge in [0.25, 0.3) is 0 Å². The number of nitrogens with zero attached hydrogens (tertiary/aromatic N) is 1. The largest absolute Gasteiger partial charge is 0.481 e. The van der Waals surface area contributed by atoms with Gasteiger partial charge in [0.2, 0.25) is 41.4 Å². The minimum Gasteiger partial charge on any atom is -0.481 e. The highest BCUT2D eigenvalue weighted by Crippen LogP contribution is 2.18. The molecule has 298 valence electrons. The first kappa shape index (κ1) is 45.6. The predicted molar refractivity (Wildman–Crippen MR) is 182 cm³/mol. The normalized spacial score (nSPS) is 16.5. The fourth-order valence-electron chi connectivity index (χ4n) is 5.27. The van der Waals surface area contributed by atoms with Crippen LogP contribution in [-0.2, 0) is 47.9 Å². The van der Waals surface area contributed by atoms with Gasteiger partial charge < -0.3 is 64.0 Å². The molecule has 0 aromatic carbocycles. The van der Waals surface area contributed by atoms with Crippen molar-refractivity contribution in [2.45, 2.75) is 114 Å². The molecule has 1 saturated heterocycles. The molecule has 0 bridgehead atoms. The summed E-state index contributed by atoms with van der Waals surface area (Å²) in [5, 5.41) is 39.3. The summed E-state index contributed by atoms with van der Waals surface area (Å²) in [6.45, 7) is 1.12. The van der Waals surface area contributed by atoms with Crippen molar-refractivity contribution in [2.75, 3.05) is 19.6 Å². The summed E-state index contributed by atoms with van der Waals surface area (Å²) in [5.41, 5.74) is 16.6. The number of primary amides is 1. The number of unbranched alkanes of at least 4 members (excludes halogenated alkanes) is 1. The lowest BCUT2D eigenvalue weighted by Crippen LogP contribution is -2.58. The maximum Gasteiger partial charge on any atom is 0.326 e. The van der Waals surface area contributed by atoms with Crippen molar-refractivity contribution in [2.24, 2.45) is 17.2 Å². The minimum absolute atomic E-state index is 0.179. The summed E-state index contributed by atoms with van der Waals surface area (Å²) in [6, 6.07) is -7.98. The van der Waals surface area contributed by atoms with Crippen molar-refractivity contribution in [1.29, 1.82) is 0 Å². The van der Waals surface area contributed by atoms with Gasteiger partial charge in [-0.3, -0.25) is 43.2 Å². The molecule has 0 spiro atoms. The maximum atomic E-state index is 13.4. The number of carbonyl (C=O) groups excluding carboxylic acids is 7. The van der Waals surface area contributed by atoms with Crippen molar-refractivity contribution < 1.29 is 63.3 Å². The van der Waals surface area contributed by atoms with Crippen LogP contribution in [0.5, 0.6) is 0 Å². The van der Waals surface area contributed by atoms with Gasteiger partial charge in [0, 0.05) is 25.8 Å². The van der Waals surface area contributed by atoms with Crippen LogP contribution >= 0.6 is 0 Å². The number of hydrogen-bond acceptors (Lipinski definition) is 12. The van der Waals surface area contributed by atoms with Gasteiger partial charge in [0.1, 0.15) is 30.2 Å².